The van der Waals surface area contributed by atoms with Crippen LogP contribution in [0.15, 0.2) is 36.7 Å². The van der Waals surface area contributed by atoms with Crippen LogP contribution in [0.2, 0.25) is 0 Å². The first-order chi connectivity index (χ1) is 9.72. The smallest absolute Gasteiger partial charge is 0.162 e. The largest absolute Gasteiger partial charge is 0.373 e. The number of rotatable bonds is 6. The molecule has 0 bridgehead atoms. The number of hydrogen-bond donors (Lipinski definition) is 2. The van der Waals surface area contributed by atoms with Gasteiger partial charge in [0.25, 0.3) is 0 Å². The van der Waals surface area contributed by atoms with Crippen molar-refractivity contribution in [2.45, 2.75) is 19.8 Å². The minimum Gasteiger partial charge on any atom is -0.373 e. The van der Waals surface area contributed by atoms with Crippen LogP contribution in [0, 0.1) is 0 Å². The lowest BCUT2D eigenvalue weighted by molar-refractivity contribution is 0.0982. The molecule has 5 heteroatoms. The number of ketones is 1. The van der Waals surface area contributed by atoms with E-state index in [1.165, 1.54) is 6.33 Å². The van der Waals surface area contributed by atoms with Crippen LogP contribution in [0.4, 0.5) is 17.3 Å². The van der Waals surface area contributed by atoms with Gasteiger partial charge < -0.3 is 10.6 Å². The van der Waals surface area contributed by atoms with Crippen molar-refractivity contribution in [3.8, 4) is 0 Å². The average molecular weight is 270 g/mol. The third-order valence-corrected chi connectivity index (χ3v) is 2.88. The summed E-state index contributed by atoms with van der Waals surface area (Å²) in [5.74, 6) is 1.63. The van der Waals surface area contributed by atoms with E-state index in [0.29, 0.717) is 12.2 Å². The molecule has 1 heterocycles. The van der Waals surface area contributed by atoms with Crippen molar-refractivity contribution in [1.29, 1.82) is 0 Å². The summed E-state index contributed by atoms with van der Waals surface area (Å²) in [5.41, 5.74) is 1.63. The van der Waals surface area contributed by atoms with Crippen molar-refractivity contribution in [3.63, 3.8) is 0 Å². The van der Waals surface area contributed by atoms with Gasteiger partial charge in [0.1, 0.15) is 18.0 Å². The Morgan fingerprint density at radius 1 is 1.15 bits per heavy atom. The molecule has 0 spiro atoms. The Morgan fingerprint density at radius 3 is 2.50 bits per heavy atom. The van der Waals surface area contributed by atoms with Crippen LogP contribution in [0.5, 0.6) is 0 Å². The highest BCUT2D eigenvalue weighted by atomic mass is 16.1. The molecule has 1 aromatic carbocycles. The Kier molecular flexibility index (Phi) is 4.65. The molecule has 2 rings (SSSR count). The Balaban J connectivity index is 2.08. The number of nitrogens with one attached hydrogen (secondary N) is 2. The number of benzene rings is 1. The molecule has 2 aromatic rings. The molecule has 0 aliphatic carbocycles. The molecule has 0 fully saturated rings. The highest BCUT2D eigenvalue weighted by Gasteiger charge is 2.04. The van der Waals surface area contributed by atoms with Crippen LogP contribution in [0.25, 0.3) is 0 Å². The lowest BCUT2D eigenvalue weighted by Crippen LogP contribution is -2.00. The van der Waals surface area contributed by atoms with E-state index in [0.717, 1.165) is 23.5 Å². The Hall–Kier alpha value is -2.43. The van der Waals surface area contributed by atoms with Crippen molar-refractivity contribution >= 4 is 23.1 Å². The van der Waals surface area contributed by atoms with Crippen molar-refractivity contribution in [2.75, 3.05) is 17.7 Å². The number of nitrogens with zero attached hydrogens (tertiary/aromatic N) is 2. The number of carbonyl (C=O) groups is 1. The van der Waals surface area contributed by atoms with Gasteiger partial charge in [-0.25, -0.2) is 9.97 Å². The zero-order valence-corrected chi connectivity index (χ0v) is 11.7. The van der Waals surface area contributed by atoms with E-state index < -0.39 is 0 Å². The lowest BCUT2D eigenvalue weighted by Gasteiger charge is -2.07. The van der Waals surface area contributed by atoms with Crippen molar-refractivity contribution in [2.24, 2.45) is 0 Å². The number of Topliss-reactive ketones (excluding diaryl/α,β-unsaturated/α-hetero) is 1. The molecule has 2 N–H and O–H groups in total. The molecule has 104 valence electrons. The van der Waals surface area contributed by atoms with Crippen LogP contribution in [0.1, 0.15) is 30.1 Å². The number of aromatic nitrogens is 2. The van der Waals surface area contributed by atoms with Crippen LogP contribution >= 0.6 is 0 Å². The highest BCUT2D eigenvalue weighted by Crippen LogP contribution is 2.17. The summed E-state index contributed by atoms with van der Waals surface area (Å²) in [4.78, 5) is 19.9. The quantitative estimate of drug-likeness (QED) is 0.789. The molecular weight excluding hydrogens is 252 g/mol. The van der Waals surface area contributed by atoms with E-state index in [4.69, 9.17) is 0 Å². The molecule has 0 aliphatic heterocycles. The number of hydrogen-bond acceptors (Lipinski definition) is 5. The first-order valence-corrected chi connectivity index (χ1v) is 6.63. The SMILES string of the molecule is CCCC(=O)c1ccc(Nc2cc(NC)ncn2)cc1. The third kappa shape index (κ3) is 3.54. The van der Waals surface area contributed by atoms with Gasteiger partial charge in [0.05, 0.1) is 0 Å². The van der Waals surface area contributed by atoms with Gasteiger partial charge >= 0.3 is 0 Å². The molecular formula is C15H18N4O. The summed E-state index contributed by atoms with van der Waals surface area (Å²) in [6.07, 6.45) is 2.95. The van der Waals surface area contributed by atoms with Gasteiger partial charge in [-0.15, -0.1) is 0 Å². The lowest BCUT2D eigenvalue weighted by atomic mass is 10.1. The number of anilines is 3. The molecule has 0 unspecified atom stereocenters. The maximum absolute atomic E-state index is 11.7. The van der Waals surface area contributed by atoms with E-state index >= 15 is 0 Å². The van der Waals surface area contributed by atoms with E-state index in [-0.39, 0.29) is 5.78 Å². The molecule has 1 aromatic heterocycles. The minimum atomic E-state index is 0.179. The van der Waals surface area contributed by atoms with Gasteiger partial charge in [-0.1, -0.05) is 6.92 Å². The van der Waals surface area contributed by atoms with Crippen LogP contribution < -0.4 is 10.6 Å². The van der Waals surface area contributed by atoms with Gasteiger partial charge in [-0.05, 0) is 30.7 Å². The summed E-state index contributed by atoms with van der Waals surface area (Å²) in [7, 11) is 1.81. The van der Waals surface area contributed by atoms with Crippen molar-refractivity contribution in [1.82, 2.24) is 9.97 Å². The van der Waals surface area contributed by atoms with Gasteiger partial charge in [-0.2, -0.15) is 0 Å². The first kappa shape index (κ1) is 14.0. The Bertz CT molecular complexity index is 581. The predicted octanol–water partition coefficient (Wildman–Crippen LogP) is 3.24. The normalized spacial score (nSPS) is 10.1. The zero-order valence-electron chi connectivity index (χ0n) is 11.7. The standard InChI is InChI=1S/C15H18N4O/c1-3-4-13(20)11-5-7-12(8-6-11)19-15-9-14(16-2)17-10-18-15/h5-10H,3-4H2,1-2H3,(H2,16,17,18,19). The molecule has 0 amide bonds. The maximum atomic E-state index is 11.7. The van der Waals surface area contributed by atoms with Crippen LogP contribution in [-0.2, 0) is 0 Å². The first-order valence-electron chi connectivity index (χ1n) is 6.63. The van der Waals surface area contributed by atoms with Crippen molar-refractivity contribution < 1.29 is 4.79 Å². The van der Waals surface area contributed by atoms with E-state index in [1.807, 2.05) is 37.3 Å². The average Bonchev–Trinajstić information content (AvgIpc) is 2.48. The summed E-state index contributed by atoms with van der Waals surface area (Å²) in [6.45, 7) is 2.00. The molecule has 0 radical (unpaired) electrons. The van der Waals surface area contributed by atoms with Crippen molar-refractivity contribution in [3.05, 3.63) is 42.2 Å². The molecule has 0 aliphatic rings. The third-order valence-electron chi connectivity index (χ3n) is 2.88. The fourth-order valence-electron chi connectivity index (χ4n) is 1.82. The molecule has 0 saturated carbocycles. The second kappa shape index (κ2) is 6.65. The summed E-state index contributed by atoms with van der Waals surface area (Å²) in [5, 5.41) is 6.13. The molecule has 0 saturated heterocycles. The monoisotopic (exact) mass is 270 g/mol. The van der Waals surface area contributed by atoms with E-state index in [2.05, 4.69) is 20.6 Å². The fourth-order valence-corrected chi connectivity index (χ4v) is 1.82. The highest BCUT2D eigenvalue weighted by molar-refractivity contribution is 5.96. The summed E-state index contributed by atoms with van der Waals surface area (Å²) < 4.78 is 0. The zero-order chi connectivity index (χ0) is 14.4. The van der Waals surface area contributed by atoms with Gasteiger partial charge in [-0.3, -0.25) is 4.79 Å². The summed E-state index contributed by atoms with van der Waals surface area (Å²) >= 11 is 0. The molecule has 5 nitrogen and oxygen atoms in total. The summed E-state index contributed by atoms with van der Waals surface area (Å²) in [6, 6.07) is 9.24. The van der Waals surface area contributed by atoms with E-state index in [1.54, 1.807) is 7.05 Å². The Morgan fingerprint density at radius 2 is 1.85 bits per heavy atom. The van der Waals surface area contributed by atoms with Gasteiger partial charge in [0.2, 0.25) is 0 Å². The second-order valence-electron chi connectivity index (χ2n) is 4.41. The fraction of sp³-hybridized carbons (Fsp3) is 0.267. The number of carbonyl (C=O) groups excluding carboxylic acids is 1. The van der Waals surface area contributed by atoms with E-state index in [9.17, 15) is 4.79 Å². The molecule has 0 atom stereocenters. The van der Waals surface area contributed by atoms with Gasteiger partial charge in [0.15, 0.2) is 5.78 Å². The van der Waals surface area contributed by atoms with Crippen LogP contribution in [-0.4, -0.2) is 22.8 Å². The van der Waals surface area contributed by atoms with Crippen LogP contribution in [0.3, 0.4) is 0 Å². The molecule has 20 heavy (non-hydrogen) atoms. The Labute approximate surface area is 118 Å². The van der Waals surface area contributed by atoms with Gasteiger partial charge in [0, 0.05) is 30.8 Å². The topological polar surface area (TPSA) is 66.9 Å². The second-order valence-corrected chi connectivity index (χ2v) is 4.41. The minimum absolute atomic E-state index is 0.179. The maximum Gasteiger partial charge on any atom is 0.162 e. The predicted molar refractivity (Wildman–Crippen MR) is 80.5 cm³/mol.